The van der Waals surface area contributed by atoms with E-state index in [-0.39, 0.29) is 18.4 Å². The van der Waals surface area contributed by atoms with Crippen LogP contribution in [0.25, 0.3) is 10.9 Å². The second-order valence-corrected chi connectivity index (χ2v) is 10.5. The summed E-state index contributed by atoms with van der Waals surface area (Å²) >= 11 is 0. The molecule has 8 nitrogen and oxygen atoms in total. The molecule has 2 fully saturated rings. The summed E-state index contributed by atoms with van der Waals surface area (Å²) in [6.07, 6.45) is 6.43. The lowest BCUT2D eigenvalue weighted by atomic mass is 10.1. The maximum atomic E-state index is 13.1. The Balaban J connectivity index is 1.05. The minimum absolute atomic E-state index is 0.00812. The molecule has 200 valence electrons. The lowest BCUT2D eigenvalue weighted by Crippen LogP contribution is -2.54. The molecule has 0 saturated carbocycles. The Morgan fingerprint density at radius 3 is 2.37 bits per heavy atom. The Hall–Kier alpha value is -3.52. The maximum Gasteiger partial charge on any atom is 0.267 e. The summed E-state index contributed by atoms with van der Waals surface area (Å²) in [6, 6.07) is 15.9. The van der Waals surface area contributed by atoms with Gasteiger partial charge in [-0.05, 0) is 49.4 Å². The number of aromatic nitrogens is 1. The first-order chi connectivity index (χ1) is 18.7. The van der Waals surface area contributed by atoms with Gasteiger partial charge in [0.2, 0.25) is 12.0 Å². The van der Waals surface area contributed by atoms with E-state index in [0.717, 1.165) is 52.1 Å². The normalized spacial score (nSPS) is 20.1. The minimum Gasteiger partial charge on any atom is -0.485 e. The molecule has 4 heterocycles. The Labute approximate surface area is 223 Å². The molecule has 0 spiro atoms. The van der Waals surface area contributed by atoms with Crippen LogP contribution in [0.5, 0.6) is 11.5 Å². The third kappa shape index (κ3) is 5.23. The summed E-state index contributed by atoms with van der Waals surface area (Å²) in [5.41, 5.74) is 2.42. The highest BCUT2D eigenvalue weighted by molar-refractivity contribution is 5.85. The van der Waals surface area contributed by atoms with E-state index in [1.165, 1.54) is 22.9 Å². The van der Waals surface area contributed by atoms with Crippen LogP contribution < -0.4 is 9.47 Å². The van der Waals surface area contributed by atoms with Gasteiger partial charge in [0.05, 0.1) is 6.67 Å². The van der Waals surface area contributed by atoms with Crippen molar-refractivity contribution in [3.63, 3.8) is 0 Å². The van der Waals surface area contributed by atoms with Gasteiger partial charge in [-0.3, -0.25) is 14.5 Å². The van der Waals surface area contributed by atoms with Crippen LogP contribution >= 0.6 is 0 Å². The average Bonchev–Trinajstić information content (AvgIpc) is 3.33. The number of hydrogen-bond acceptors (Lipinski definition) is 5. The van der Waals surface area contributed by atoms with Gasteiger partial charge in [0, 0.05) is 62.8 Å². The van der Waals surface area contributed by atoms with E-state index in [2.05, 4.69) is 39.9 Å². The van der Waals surface area contributed by atoms with Gasteiger partial charge in [0.25, 0.3) is 5.91 Å². The van der Waals surface area contributed by atoms with Gasteiger partial charge >= 0.3 is 0 Å². The topological polar surface area (TPSA) is 67.2 Å². The Bertz CT molecular complexity index is 1290. The van der Waals surface area contributed by atoms with Crippen LogP contribution in [0.4, 0.5) is 0 Å². The summed E-state index contributed by atoms with van der Waals surface area (Å²) in [7, 11) is 0. The second-order valence-electron chi connectivity index (χ2n) is 10.5. The van der Waals surface area contributed by atoms with E-state index in [4.69, 9.17) is 9.47 Å². The Kier molecular flexibility index (Phi) is 7.22. The highest BCUT2D eigenvalue weighted by Crippen LogP contribution is 2.31. The zero-order valence-electron chi connectivity index (χ0n) is 21.9. The molecule has 1 unspecified atom stereocenters. The van der Waals surface area contributed by atoms with Crippen molar-refractivity contribution < 1.29 is 19.1 Å². The van der Waals surface area contributed by atoms with E-state index in [1.54, 1.807) is 0 Å². The van der Waals surface area contributed by atoms with E-state index in [0.29, 0.717) is 31.0 Å². The number of hydrogen-bond donors (Lipinski definition) is 0. The number of fused-ring (bicyclic) bond motifs is 2. The van der Waals surface area contributed by atoms with E-state index >= 15 is 0 Å². The van der Waals surface area contributed by atoms with Crippen LogP contribution in [-0.4, -0.2) is 83.1 Å². The number of carbonyl (C=O) groups is 2. The van der Waals surface area contributed by atoms with Gasteiger partial charge < -0.3 is 23.8 Å². The van der Waals surface area contributed by atoms with Crippen molar-refractivity contribution in [3.05, 3.63) is 60.3 Å². The number of likely N-dealkylation sites (tertiary alicyclic amines) is 1. The first-order valence-corrected chi connectivity index (χ1v) is 13.9. The van der Waals surface area contributed by atoms with Crippen molar-refractivity contribution in [1.29, 1.82) is 0 Å². The minimum atomic E-state index is -0.597. The maximum absolute atomic E-state index is 13.1. The van der Waals surface area contributed by atoms with Gasteiger partial charge in [-0.25, -0.2) is 0 Å². The van der Waals surface area contributed by atoms with Crippen molar-refractivity contribution in [2.75, 3.05) is 45.9 Å². The molecule has 2 saturated heterocycles. The fourth-order valence-corrected chi connectivity index (χ4v) is 5.85. The molecule has 1 atom stereocenters. The number of rotatable bonds is 6. The number of amides is 2. The van der Waals surface area contributed by atoms with Gasteiger partial charge in [-0.1, -0.05) is 30.3 Å². The van der Waals surface area contributed by atoms with Gasteiger partial charge in [0.15, 0.2) is 11.5 Å². The molecular formula is C30H36N4O4. The predicted octanol–water partition coefficient (Wildman–Crippen LogP) is 3.53. The Morgan fingerprint density at radius 1 is 0.816 bits per heavy atom. The van der Waals surface area contributed by atoms with Crippen LogP contribution in [0.15, 0.2) is 54.7 Å². The van der Waals surface area contributed by atoms with Crippen molar-refractivity contribution in [3.8, 4) is 11.5 Å². The van der Waals surface area contributed by atoms with E-state index in [9.17, 15) is 9.59 Å². The van der Waals surface area contributed by atoms with Gasteiger partial charge in [-0.15, -0.1) is 0 Å². The van der Waals surface area contributed by atoms with Crippen LogP contribution in [-0.2, 0) is 22.7 Å². The zero-order valence-corrected chi connectivity index (χ0v) is 21.9. The number of nitrogens with zero attached hydrogens (tertiary/aromatic N) is 4. The van der Waals surface area contributed by atoms with Crippen LogP contribution in [0.2, 0.25) is 0 Å². The molecule has 0 N–H and O–H groups in total. The quantitative estimate of drug-likeness (QED) is 0.502. The number of ether oxygens (including phenoxy) is 2. The summed E-state index contributed by atoms with van der Waals surface area (Å²) in [4.78, 5) is 32.2. The van der Waals surface area contributed by atoms with E-state index in [1.807, 2.05) is 34.1 Å². The molecule has 3 aliphatic rings. The third-order valence-electron chi connectivity index (χ3n) is 8.01. The summed E-state index contributed by atoms with van der Waals surface area (Å²) in [5, 5.41) is 1.22. The molecule has 8 heteroatoms. The molecular weight excluding hydrogens is 480 g/mol. The highest BCUT2D eigenvalue weighted by atomic mass is 16.6. The molecule has 2 amide bonds. The van der Waals surface area contributed by atoms with Crippen molar-refractivity contribution in [1.82, 2.24) is 19.3 Å². The smallest absolute Gasteiger partial charge is 0.267 e. The molecule has 6 rings (SSSR count). The molecule has 1 aromatic heterocycles. The molecule has 0 radical (unpaired) electrons. The summed E-state index contributed by atoms with van der Waals surface area (Å²) in [5.74, 6) is 1.59. The van der Waals surface area contributed by atoms with Crippen LogP contribution in [0, 0.1) is 0 Å². The number of aryl methyl sites for hydroxylation is 1. The predicted molar refractivity (Wildman–Crippen MR) is 145 cm³/mol. The first kappa shape index (κ1) is 24.8. The average molecular weight is 517 g/mol. The van der Waals surface area contributed by atoms with Gasteiger partial charge in [-0.2, -0.15) is 0 Å². The van der Waals surface area contributed by atoms with Crippen LogP contribution in [0.1, 0.15) is 31.2 Å². The fraction of sp³-hybridized carbons (Fsp3) is 0.467. The fourth-order valence-electron chi connectivity index (χ4n) is 5.85. The molecule has 3 aromatic rings. The number of piperidine rings is 1. The number of para-hydroxylation sites is 3. The van der Waals surface area contributed by atoms with Crippen molar-refractivity contribution in [2.45, 2.75) is 44.9 Å². The second kappa shape index (κ2) is 11.1. The summed E-state index contributed by atoms with van der Waals surface area (Å²) < 4.78 is 14.0. The van der Waals surface area contributed by atoms with Gasteiger partial charge in [0.1, 0.15) is 6.61 Å². The zero-order chi connectivity index (χ0) is 25.9. The van der Waals surface area contributed by atoms with Crippen molar-refractivity contribution >= 4 is 22.7 Å². The van der Waals surface area contributed by atoms with Crippen molar-refractivity contribution in [2.24, 2.45) is 0 Å². The lowest BCUT2D eigenvalue weighted by Gasteiger charge is -2.37. The third-order valence-corrected chi connectivity index (χ3v) is 8.01. The number of benzene rings is 2. The molecule has 0 aliphatic carbocycles. The largest absolute Gasteiger partial charge is 0.485 e. The molecule has 0 bridgehead atoms. The molecule has 38 heavy (non-hydrogen) atoms. The SMILES string of the molecule is O=C(CCc1cn(CN2CCN(C(=O)C3COc4ccccc4O3)CC2)c2ccccc12)N1CCCCC1. The van der Waals surface area contributed by atoms with E-state index < -0.39 is 6.10 Å². The summed E-state index contributed by atoms with van der Waals surface area (Å²) in [6.45, 7) is 5.74. The monoisotopic (exact) mass is 516 g/mol. The lowest BCUT2D eigenvalue weighted by molar-refractivity contribution is -0.143. The highest BCUT2D eigenvalue weighted by Gasteiger charge is 2.32. The molecule has 3 aliphatic heterocycles. The number of carbonyl (C=O) groups excluding carboxylic acids is 2. The standard InChI is InChI=1S/C30H36N4O4/c35-29(32-14-6-1-7-15-32)13-12-23-20-34(25-9-3-2-8-24(23)25)22-31-16-18-33(19-17-31)30(36)28-21-37-26-10-4-5-11-27(26)38-28/h2-5,8-11,20,28H,1,6-7,12-19,21-22H2. The Morgan fingerprint density at radius 2 is 1.55 bits per heavy atom. The number of piperazine rings is 1. The molecule has 2 aromatic carbocycles. The first-order valence-electron chi connectivity index (χ1n) is 13.9. The van der Waals surface area contributed by atoms with Crippen LogP contribution in [0.3, 0.4) is 0 Å².